The van der Waals surface area contributed by atoms with Crippen LogP contribution < -0.4 is 5.32 Å². The van der Waals surface area contributed by atoms with Crippen molar-refractivity contribution < 1.29 is 9.53 Å². The first-order valence-corrected chi connectivity index (χ1v) is 5.74. The van der Waals surface area contributed by atoms with E-state index in [9.17, 15) is 4.79 Å². The van der Waals surface area contributed by atoms with Crippen molar-refractivity contribution in [1.82, 2.24) is 5.32 Å². The minimum atomic E-state index is -0.498. The molecule has 0 spiro atoms. The predicted molar refractivity (Wildman–Crippen MR) is 72.3 cm³/mol. The second-order valence-corrected chi connectivity index (χ2v) is 3.65. The molecule has 0 saturated heterocycles. The van der Waals surface area contributed by atoms with Gasteiger partial charge in [0, 0.05) is 0 Å². The van der Waals surface area contributed by atoms with E-state index in [1.165, 1.54) is 6.34 Å². The molecule has 4 nitrogen and oxygen atoms in total. The molecule has 1 N–H and O–H groups in total. The fraction of sp³-hybridized carbons (Fsp3) is 0.143. The number of fused-ring (bicyclic) bond motifs is 1. The quantitative estimate of drug-likeness (QED) is 0.663. The SMILES string of the molecule is CCOC(=O)NC=Nc1ccc2ccccc2c1. The molecule has 2 rings (SSSR count). The number of nitrogens with zero attached hydrogens (tertiary/aromatic N) is 1. The van der Waals surface area contributed by atoms with Gasteiger partial charge < -0.3 is 4.74 Å². The number of alkyl carbamates (subject to hydrolysis) is 1. The van der Waals surface area contributed by atoms with Gasteiger partial charge in [-0.3, -0.25) is 5.32 Å². The summed E-state index contributed by atoms with van der Waals surface area (Å²) in [5, 5.41) is 4.70. The Balaban J connectivity index is 2.07. The lowest BCUT2D eigenvalue weighted by Crippen LogP contribution is -2.22. The molecule has 0 bridgehead atoms. The standard InChI is InChI=1S/C14H14N2O2/c1-2-18-14(17)16-10-15-13-8-7-11-5-3-4-6-12(11)9-13/h3-10H,2H2,1H3,(H,15,16,17). The van der Waals surface area contributed by atoms with Crippen LogP contribution in [0.2, 0.25) is 0 Å². The van der Waals surface area contributed by atoms with E-state index in [0.29, 0.717) is 6.61 Å². The van der Waals surface area contributed by atoms with E-state index in [1.807, 2.05) is 42.5 Å². The molecule has 4 heteroatoms. The van der Waals surface area contributed by atoms with Gasteiger partial charge in [0.2, 0.25) is 0 Å². The van der Waals surface area contributed by atoms with Gasteiger partial charge in [-0.1, -0.05) is 30.3 Å². The van der Waals surface area contributed by atoms with Crippen molar-refractivity contribution in [2.45, 2.75) is 6.92 Å². The van der Waals surface area contributed by atoms with Gasteiger partial charge in [0.25, 0.3) is 0 Å². The third-order valence-electron chi connectivity index (χ3n) is 2.40. The molecule has 0 aromatic heterocycles. The van der Waals surface area contributed by atoms with E-state index in [1.54, 1.807) is 6.92 Å². The van der Waals surface area contributed by atoms with Gasteiger partial charge in [-0.2, -0.15) is 0 Å². The van der Waals surface area contributed by atoms with Crippen LogP contribution in [-0.2, 0) is 4.74 Å². The zero-order chi connectivity index (χ0) is 12.8. The summed E-state index contributed by atoms with van der Waals surface area (Å²) in [6, 6.07) is 13.9. The molecule has 0 radical (unpaired) electrons. The van der Waals surface area contributed by atoms with Crippen molar-refractivity contribution in [1.29, 1.82) is 0 Å². The van der Waals surface area contributed by atoms with E-state index in [0.717, 1.165) is 16.5 Å². The average Bonchev–Trinajstić information content (AvgIpc) is 2.39. The Hall–Kier alpha value is -2.36. The molecule has 0 unspecified atom stereocenters. The zero-order valence-electron chi connectivity index (χ0n) is 10.1. The number of carbonyl (C=O) groups is 1. The maximum Gasteiger partial charge on any atom is 0.412 e. The Morgan fingerprint density at radius 1 is 1.28 bits per heavy atom. The molecule has 18 heavy (non-hydrogen) atoms. The van der Waals surface area contributed by atoms with Gasteiger partial charge >= 0.3 is 6.09 Å². The van der Waals surface area contributed by atoms with Crippen LogP contribution in [0, 0.1) is 0 Å². The summed E-state index contributed by atoms with van der Waals surface area (Å²) in [4.78, 5) is 15.2. The Morgan fingerprint density at radius 2 is 2.06 bits per heavy atom. The third kappa shape index (κ3) is 3.07. The minimum Gasteiger partial charge on any atom is -0.450 e. The summed E-state index contributed by atoms with van der Waals surface area (Å²) in [5.41, 5.74) is 0.783. The molecule has 92 valence electrons. The molecule has 0 aliphatic rings. The number of hydrogen-bond donors (Lipinski definition) is 1. The molecule has 0 heterocycles. The first-order valence-electron chi connectivity index (χ1n) is 5.74. The van der Waals surface area contributed by atoms with E-state index in [4.69, 9.17) is 4.74 Å². The molecular formula is C14H14N2O2. The van der Waals surface area contributed by atoms with Gasteiger partial charge in [-0.05, 0) is 29.8 Å². The van der Waals surface area contributed by atoms with Crippen LogP contribution in [0.1, 0.15) is 6.92 Å². The molecule has 0 aliphatic carbocycles. The Bertz CT molecular complexity index is 579. The topological polar surface area (TPSA) is 50.7 Å². The van der Waals surface area contributed by atoms with E-state index < -0.39 is 6.09 Å². The average molecular weight is 242 g/mol. The maximum absolute atomic E-state index is 11.0. The summed E-state index contributed by atoms with van der Waals surface area (Å²) in [7, 11) is 0. The summed E-state index contributed by atoms with van der Waals surface area (Å²) >= 11 is 0. The first kappa shape index (κ1) is 12.1. The normalized spacial score (nSPS) is 10.7. The molecule has 0 saturated carbocycles. The van der Waals surface area contributed by atoms with Crippen LogP contribution in [0.25, 0.3) is 10.8 Å². The highest BCUT2D eigenvalue weighted by molar-refractivity contribution is 5.87. The molecule has 2 aromatic rings. The fourth-order valence-corrected chi connectivity index (χ4v) is 1.59. The first-order chi connectivity index (χ1) is 8.79. The minimum absolute atomic E-state index is 0.343. The smallest absolute Gasteiger partial charge is 0.412 e. The number of nitrogens with one attached hydrogen (secondary N) is 1. The van der Waals surface area contributed by atoms with Crippen molar-refractivity contribution in [2.24, 2.45) is 4.99 Å². The predicted octanol–water partition coefficient (Wildman–Crippen LogP) is 3.25. The van der Waals surface area contributed by atoms with Gasteiger partial charge in [0.05, 0.1) is 18.6 Å². The Kier molecular flexibility index (Phi) is 3.91. The van der Waals surface area contributed by atoms with E-state index in [2.05, 4.69) is 10.3 Å². The molecule has 2 aromatic carbocycles. The Labute approximate surface area is 105 Å². The monoisotopic (exact) mass is 242 g/mol. The Morgan fingerprint density at radius 3 is 2.83 bits per heavy atom. The molecule has 0 atom stereocenters. The van der Waals surface area contributed by atoms with E-state index >= 15 is 0 Å². The second kappa shape index (κ2) is 5.82. The van der Waals surface area contributed by atoms with Gasteiger partial charge in [-0.15, -0.1) is 0 Å². The van der Waals surface area contributed by atoms with Gasteiger partial charge in [0.1, 0.15) is 0 Å². The maximum atomic E-state index is 11.0. The third-order valence-corrected chi connectivity index (χ3v) is 2.40. The largest absolute Gasteiger partial charge is 0.450 e. The highest BCUT2D eigenvalue weighted by Gasteiger charge is 1.96. The number of ether oxygens (including phenoxy) is 1. The van der Waals surface area contributed by atoms with Crippen molar-refractivity contribution in [3.8, 4) is 0 Å². The van der Waals surface area contributed by atoms with Crippen molar-refractivity contribution in [3.63, 3.8) is 0 Å². The van der Waals surface area contributed by atoms with Crippen molar-refractivity contribution >= 4 is 28.9 Å². The molecule has 1 amide bonds. The second-order valence-electron chi connectivity index (χ2n) is 3.65. The fourth-order valence-electron chi connectivity index (χ4n) is 1.59. The van der Waals surface area contributed by atoms with Crippen LogP contribution in [-0.4, -0.2) is 19.0 Å². The zero-order valence-corrected chi connectivity index (χ0v) is 10.1. The highest BCUT2D eigenvalue weighted by atomic mass is 16.5. The highest BCUT2D eigenvalue weighted by Crippen LogP contribution is 2.20. The lowest BCUT2D eigenvalue weighted by atomic mass is 10.1. The molecular weight excluding hydrogens is 228 g/mol. The molecule has 0 aliphatic heterocycles. The number of benzene rings is 2. The van der Waals surface area contributed by atoms with Crippen LogP contribution in [0.5, 0.6) is 0 Å². The lowest BCUT2D eigenvalue weighted by molar-refractivity contribution is 0.158. The van der Waals surface area contributed by atoms with E-state index in [-0.39, 0.29) is 0 Å². The van der Waals surface area contributed by atoms with Crippen molar-refractivity contribution in [2.75, 3.05) is 6.61 Å². The van der Waals surface area contributed by atoms with Crippen molar-refractivity contribution in [3.05, 3.63) is 42.5 Å². The molecule has 0 fully saturated rings. The van der Waals surface area contributed by atoms with Crippen LogP contribution in [0.15, 0.2) is 47.5 Å². The van der Waals surface area contributed by atoms with Crippen LogP contribution in [0.4, 0.5) is 10.5 Å². The number of rotatable bonds is 3. The summed E-state index contributed by atoms with van der Waals surface area (Å²) in [6.07, 6.45) is 0.837. The van der Waals surface area contributed by atoms with Crippen LogP contribution in [0.3, 0.4) is 0 Å². The summed E-state index contributed by atoms with van der Waals surface area (Å²) < 4.78 is 4.71. The summed E-state index contributed by atoms with van der Waals surface area (Å²) in [5.74, 6) is 0. The number of amides is 1. The number of carbonyl (C=O) groups excluding carboxylic acids is 1. The van der Waals surface area contributed by atoms with Gasteiger partial charge in [-0.25, -0.2) is 9.79 Å². The summed E-state index contributed by atoms with van der Waals surface area (Å²) in [6.45, 7) is 2.09. The van der Waals surface area contributed by atoms with Crippen LogP contribution >= 0.6 is 0 Å². The number of hydrogen-bond acceptors (Lipinski definition) is 3. The van der Waals surface area contributed by atoms with Gasteiger partial charge in [0.15, 0.2) is 0 Å². The lowest BCUT2D eigenvalue weighted by Gasteiger charge is -2.00. The number of aliphatic imine (C=N–C) groups is 1.